The van der Waals surface area contributed by atoms with Crippen molar-refractivity contribution in [1.29, 1.82) is 0 Å². The third-order valence-electron chi connectivity index (χ3n) is 2.25. The van der Waals surface area contributed by atoms with Crippen LogP contribution in [0, 0.1) is 6.92 Å². The summed E-state index contributed by atoms with van der Waals surface area (Å²) in [7, 11) is 1.65. The second-order valence-corrected chi connectivity index (χ2v) is 4.60. The summed E-state index contributed by atoms with van der Waals surface area (Å²) in [5.74, 6) is 7.45. The van der Waals surface area contributed by atoms with Gasteiger partial charge in [0.25, 0.3) is 0 Å². The number of hydrogen-bond donors (Lipinski definition) is 2. The van der Waals surface area contributed by atoms with Crippen molar-refractivity contribution in [1.82, 2.24) is 9.97 Å². The van der Waals surface area contributed by atoms with E-state index in [1.807, 2.05) is 31.2 Å². The maximum atomic E-state index is 5.36. The van der Waals surface area contributed by atoms with Crippen LogP contribution in [0.4, 0.5) is 5.82 Å². The fraction of sp³-hybridized carbons (Fsp3) is 0.167. The molecule has 0 saturated heterocycles. The Morgan fingerprint density at radius 1 is 1.28 bits per heavy atom. The summed E-state index contributed by atoms with van der Waals surface area (Å²) < 4.78 is 5.30. The zero-order valence-electron chi connectivity index (χ0n) is 10.2. The van der Waals surface area contributed by atoms with Gasteiger partial charge in [-0.15, -0.1) is 0 Å². The molecule has 0 fully saturated rings. The first kappa shape index (κ1) is 12.7. The number of aromatic nitrogens is 2. The molecule has 0 aliphatic heterocycles. The van der Waals surface area contributed by atoms with Crippen molar-refractivity contribution in [3.05, 3.63) is 36.2 Å². The molecule has 5 nitrogen and oxygen atoms in total. The number of hydrazine groups is 1. The minimum absolute atomic E-state index is 0.597. The molecule has 0 atom stereocenters. The molecule has 94 valence electrons. The Morgan fingerprint density at radius 3 is 2.78 bits per heavy atom. The van der Waals surface area contributed by atoms with Crippen LogP contribution in [0.2, 0.25) is 0 Å². The van der Waals surface area contributed by atoms with E-state index in [1.165, 1.54) is 11.8 Å². The lowest BCUT2D eigenvalue weighted by molar-refractivity contribution is 0.405. The third-order valence-corrected chi connectivity index (χ3v) is 3.22. The molecule has 0 aliphatic rings. The fourth-order valence-corrected chi connectivity index (χ4v) is 2.45. The van der Waals surface area contributed by atoms with E-state index in [0.717, 1.165) is 15.7 Å². The number of nitrogen functional groups attached to an aromatic ring is 1. The van der Waals surface area contributed by atoms with Crippen molar-refractivity contribution in [2.45, 2.75) is 16.8 Å². The van der Waals surface area contributed by atoms with Gasteiger partial charge in [-0.3, -0.25) is 0 Å². The molecule has 18 heavy (non-hydrogen) atoms. The quantitative estimate of drug-likeness (QED) is 0.500. The molecular weight excluding hydrogens is 248 g/mol. The first-order valence-corrected chi connectivity index (χ1v) is 6.17. The molecule has 0 radical (unpaired) electrons. The average molecular weight is 262 g/mol. The van der Waals surface area contributed by atoms with E-state index in [1.54, 1.807) is 13.2 Å². The smallest absolute Gasteiger partial charge is 0.144 e. The van der Waals surface area contributed by atoms with Gasteiger partial charge in [-0.1, -0.05) is 23.9 Å². The number of nitrogens with two attached hydrogens (primary N) is 1. The highest BCUT2D eigenvalue weighted by atomic mass is 32.2. The number of rotatable bonds is 4. The van der Waals surface area contributed by atoms with Crippen molar-refractivity contribution >= 4 is 17.6 Å². The van der Waals surface area contributed by atoms with Gasteiger partial charge in [0.2, 0.25) is 0 Å². The molecule has 1 aromatic heterocycles. The zero-order valence-corrected chi connectivity index (χ0v) is 11.0. The van der Waals surface area contributed by atoms with Crippen LogP contribution >= 0.6 is 11.8 Å². The molecule has 1 aromatic carbocycles. The maximum Gasteiger partial charge on any atom is 0.144 e. The maximum absolute atomic E-state index is 5.36. The van der Waals surface area contributed by atoms with Crippen LogP contribution in [0.1, 0.15) is 5.82 Å². The number of anilines is 1. The van der Waals surface area contributed by atoms with Gasteiger partial charge in [-0.25, -0.2) is 15.8 Å². The highest BCUT2D eigenvalue weighted by Gasteiger charge is 2.07. The lowest BCUT2D eigenvalue weighted by Crippen LogP contribution is -2.09. The fourth-order valence-electron chi connectivity index (χ4n) is 1.48. The third kappa shape index (κ3) is 2.91. The molecule has 0 spiro atoms. The molecule has 0 unspecified atom stereocenters. The Bertz CT molecular complexity index is 547. The number of benzene rings is 1. The molecule has 2 rings (SSSR count). The number of aryl methyl sites for hydroxylation is 1. The van der Waals surface area contributed by atoms with Crippen molar-refractivity contribution in [3.8, 4) is 5.75 Å². The Hall–Kier alpha value is -1.79. The summed E-state index contributed by atoms with van der Waals surface area (Å²) in [4.78, 5) is 9.50. The van der Waals surface area contributed by atoms with Crippen molar-refractivity contribution < 1.29 is 4.74 Å². The van der Waals surface area contributed by atoms with Gasteiger partial charge < -0.3 is 10.2 Å². The highest BCUT2D eigenvalue weighted by Crippen LogP contribution is 2.34. The Balaban J connectivity index is 2.30. The largest absolute Gasteiger partial charge is 0.496 e. The van der Waals surface area contributed by atoms with E-state index in [0.29, 0.717) is 11.6 Å². The van der Waals surface area contributed by atoms with Crippen molar-refractivity contribution in [3.63, 3.8) is 0 Å². The van der Waals surface area contributed by atoms with Crippen LogP contribution in [0.5, 0.6) is 5.75 Å². The van der Waals surface area contributed by atoms with Crippen LogP contribution in [-0.2, 0) is 0 Å². The lowest BCUT2D eigenvalue weighted by Gasteiger charge is -2.08. The summed E-state index contributed by atoms with van der Waals surface area (Å²) in [6.07, 6.45) is 0. The Kier molecular flexibility index (Phi) is 4.01. The van der Waals surface area contributed by atoms with E-state index in [9.17, 15) is 0 Å². The first-order chi connectivity index (χ1) is 8.72. The number of nitrogens with zero attached hydrogens (tertiary/aromatic N) is 2. The summed E-state index contributed by atoms with van der Waals surface area (Å²) in [6, 6.07) is 9.58. The van der Waals surface area contributed by atoms with Crippen LogP contribution in [-0.4, -0.2) is 17.1 Å². The number of ether oxygens (including phenoxy) is 1. The Labute approximate surface area is 110 Å². The van der Waals surface area contributed by atoms with Gasteiger partial charge in [-0.2, -0.15) is 0 Å². The minimum Gasteiger partial charge on any atom is -0.496 e. The predicted octanol–water partition coefficient (Wildman–Crippen LogP) is 2.23. The number of nitrogens with one attached hydrogen (secondary N) is 1. The van der Waals surface area contributed by atoms with Crippen LogP contribution in [0.15, 0.2) is 40.3 Å². The van der Waals surface area contributed by atoms with Gasteiger partial charge in [-0.05, 0) is 19.1 Å². The molecule has 6 heteroatoms. The predicted molar refractivity (Wildman–Crippen MR) is 71.7 cm³/mol. The van der Waals surface area contributed by atoms with Crippen LogP contribution in [0.25, 0.3) is 0 Å². The monoisotopic (exact) mass is 262 g/mol. The van der Waals surface area contributed by atoms with E-state index < -0.39 is 0 Å². The van der Waals surface area contributed by atoms with Gasteiger partial charge in [0, 0.05) is 6.07 Å². The van der Waals surface area contributed by atoms with Crippen LogP contribution < -0.4 is 16.0 Å². The number of para-hydroxylation sites is 1. The van der Waals surface area contributed by atoms with Crippen LogP contribution in [0.3, 0.4) is 0 Å². The molecule has 0 aliphatic carbocycles. The minimum atomic E-state index is 0.597. The second kappa shape index (κ2) is 5.70. The topological polar surface area (TPSA) is 73.1 Å². The van der Waals surface area contributed by atoms with E-state index in [-0.39, 0.29) is 0 Å². The Morgan fingerprint density at radius 2 is 2.06 bits per heavy atom. The molecule has 0 amide bonds. The van der Waals surface area contributed by atoms with E-state index in [4.69, 9.17) is 10.6 Å². The van der Waals surface area contributed by atoms with Crippen molar-refractivity contribution in [2.75, 3.05) is 12.5 Å². The molecule has 3 N–H and O–H groups in total. The van der Waals surface area contributed by atoms with E-state index >= 15 is 0 Å². The summed E-state index contributed by atoms with van der Waals surface area (Å²) in [5, 5.41) is 0.819. The molecule has 1 heterocycles. The summed E-state index contributed by atoms with van der Waals surface area (Å²) in [5.41, 5.74) is 2.53. The summed E-state index contributed by atoms with van der Waals surface area (Å²) in [6.45, 7) is 1.83. The normalized spacial score (nSPS) is 10.2. The highest BCUT2D eigenvalue weighted by molar-refractivity contribution is 7.99. The van der Waals surface area contributed by atoms with Gasteiger partial charge in [0.1, 0.15) is 22.4 Å². The van der Waals surface area contributed by atoms with Gasteiger partial charge in [0.05, 0.1) is 12.0 Å². The lowest BCUT2D eigenvalue weighted by atomic mass is 10.3. The second-order valence-electron chi connectivity index (χ2n) is 3.54. The number of methoxy groups -OCH3 is 1. The summed E-state index contributed by atoms with van der Waals surface area (Å²) >= 11 is 1.51. The van der Waals surface area contributed by atoms with Gasteiger partial charge in [0.15, 0.2) is 0 Å². The molecular formula is C12H14N4OS. The standard InChI is InChI=1S/C12H14N4OS/c1-8-14-11(16-13)7-12(15-8)18-10-6-4-3-5-9(10)17-2/h3-7H,13H2,1-2H3,(H,14,15,16). The van der Waals surface area contributed by atoms with Crippen molar-refractivity contribution in [2.24, 2.45) is 5.84 Å². The SMILES string of the molecule is COc1ccccc1Sc1cc(NN)nc(C)n1. The number of hydrogen-bond acceptors (Lipinski definition) is 6. The van der Waals surface area contributed by atoms with Gasteiger partial charge >= 0.3 is 0 Å². The first-order valence-electron chi connectivity index (χ1n) is 5.36. The zero-order chi connectivity index (χ0) is 13.0. The van der Waals surface area contributed by atoms with E-state index in [2.05, 4.69) is 15.4 Å². The molecule has 0 saturated carbocycles. The molecule has 2 aromatic rings. The molecule has 0 bridgehead atoms. The average Bonchev–Trinajstić information content (AvgIpc) is 2.38.